The van der Waals surface area contributed by atoms with Crippen molar-refractivity contribution in [1.29, 1.82) is 0 Å². The molecule has 0 spiro atoms. The average molecular weight is 157 g/mol. The lowest BCUT2D eigenvalue weighted by molar-refractivity contribution is -0.113. The zero-order valence-electron chi connectivity index (χ0n) is 9.29. The van der Waals surface area contributed by atoms with Gasteiger partial charge in [0.05, 0.1) is 0 Å². The number of carbonyl (C=O) groups is 1. The van der Waals surface area contributed by atoms with E-state index in [-0.39, 0.29) is 6.04 Å². The van der Waals surface area contributed by atoms with Crippen molar-refractivity contribution >= 4 is 5.91 Å². The second-order valence-corrected chi connectivity index (χ2v) is 2.66. The number of hydrogen-bond donors (Lipinski definition) is 1. The maximum Gasteiger partial charge on any atom is 0.241 e. The smallest absolute Gasteiger partial charge is 0.241 e. The summed E-state index contributed by atoms with van der Waals surface area (Å²) < 4.78 is 21.8. The number of primary amides is 1. The van der Waals surface area contributed by atoms with Crippen LogP contribution >= 0.6 is 0 Å². The molecular weight excluding hydrogens is 140 g/mol. The monoisotopic (exact) mass is 157 g/mol. The first-order valence-electron chi connectivity index (χ1n) is 5.15. The number of carbonyl (C=O) groups excluding carboxylic acids is 1. The summed E-state index contributed by atoms with van der Waals surface area (Å²) in [5.74, 6) is -0.539. The molecule has 1 saturated heterocycles. The zero-order chi connectivity index (χ0) is 10.8. The van der Waals surface area contributed by atoms with E-state index < -0.39 is 12.9 Å². The maximum absolute atomic E-state index is 10.5. The fraction of sp³-hybridized carbons (Fsp3) is 0.625. The highest BCUT2D eigenvalue weighted by Crippen LogP contribution is 2.15. The third kappa shape index (κ3) is 2.35. The number of hydrogen-bond acceptors (Lipinski definition) is 2. The fourth-order valence-electron chi connectivity index (χ4n) is 1.20. The molecule has 1 fully saturated rings. The minimum absolute atomic E-state index is 0.185. The van der Waals surface area contributed by atoms with Crippen molar-refractivity contribution in [3.63, 3.8) is 0 Å². The Kier molecular flexibility index (Phi) is 1.58. The largest absolute Gasteiger partial charge is 0.366 e. The number of rotatable bonds is 2. The van der Waals surface area contributed by atoms with E-state index >= 15 is 0 Å². The molecule has 11 heavy (non-hydrogen) atoms. The molecule has 0 aliphatic carbocycles. The number of likely N-dealkylation sites (tertiary alicyclic amines) is 1. The van der Waals surface area contributed by atoms with Crippen molar-refractivity contribution in [3.05, 3.63) is 12.2 Å². The highest BCUT2D eigenvalue weighted by atomic mass is 16.1. The molecule has 1 aliphatic heterocycles. The van der Waals surface area contributed by atoms with Gasteiger partial charge in [-0.1, -0.05) is 6.08 Å². The molecule has 1 aliphatic rings. The molecule has 1 rings (SSSR count). The van der Waals surface area contributed by atoms with Crippen molar-refractivity contribution in [2.75, 3.05) is 13.5 Å². The van der Waals surface area contributed by atoms with Gasteiger partial charge in [-0.3, -0.25) is 9.69 Å². The Morgan fingerprint density at radius 1 is 1.91 bits per heavy atom. The van der Waals surface area contributed by atoms with Gasteiger partial charge in [0.2, 0.25) is 5.91 Å². The predicted octanol–water partition coefficient (Wildman–Crippen LogP) is 0.122. The first-order valence-corrected chi connectivity index (χ1v) is 3.65. The van der Waals surface area contributed by atoms with Crippen LogP contribution in [0.5, 0.6) is 0 Å². The van der Waals surface area contributed by atoms with Crippen molar-refractivity contribution in [3.8, 4) is 0 Å². The van der Waals surface area contributed by atoms with E-state index in [9.17, 15) is 4.79 Å². The molecule has 1 unspecified atom stereocenters. The molecule has 0 aromatic heterocycles. The van der Waals surface area contributed by atoms with Crippen LogP contribution in [0.2, 0.25) is 0 Å². The van der Waals surface area contributed by atoms with Gasteiger partial charge in [0.15, 0.2) is 0 Å². The Morgan fingerprint density at radius 2 is 2.73 bits per heavy atom. The van der Waals surface area contributed by atoms with Crippen molar-refractivity contribution in [2.45, 2.75) is 18.9 Å². The normalized spacial score (nSPS) is 31.6. The van der Waals surface area contributed by atoms with E-state index in [1.165, 1.54) is 11.0 Å². The quantitative estimate of drug-likeness (QED) is 0.579. The van der Waals surface area contributed by atoms with Crippen LogP contribution < -0.4 is 5.73 Å². The Hall–Kier alpha value is -0.830. The molecule has 0 aromatic carbocycles. The van der Waals surface area contributed by atoms with Gasteiger partial charge in [-0.15, -0.1) is 0 Å². The van der Waals surface area contributed by atoms with E-state index in [1.807, 2.05) is 0 Å². The Morgan fingerprint density at radius 3 is 3.36 bits per heavy atom. The van der Waals surface area contributed by atoms with E-state index in [0.717, 1.165) is 12.8 Å². The van der Waals surface area contributed by atoms with Crippen LogP contribution in [0.4, 0.5) is 0 Å². The first kappa shape index (κ1) is 4.93. The second kappa shape index (κ2) is 3.53. The highest BCUT2D eigenvalue weighted by molar-refractivity contribution is 5.85. The van der Waals surface area contributed by atoms with Gasteiger partial charge in [0.25, 0.3) is 0 Å². The molecular formula is C8H14N2O. The van der Waals surface area contributed by atoms with E-state index in [0.29, 0.717) is 6.54 Å². The van der Waals surface area contributed by atoms with Crippen molar-refractivity contribution < 1.29 is 8.91 Å². The number of amides is 1. The van der Waals surface area contributed by atoms with Gasteiger partial charge in [0.1, 0.15) is 0 Å². The molecule has 1 amide bonds. The van der Waals surface area contributed by atoms with Crippen LogP contribution in [-0.2, 0) is 4.79 Å². The summed E-state index contributed by atoms with van der Waals surface area (Å²) in [6, 6.07) is -0.185. The predicted molar refractivity (Wildman–Crippen MR) is 44.0 cm³/mol. The fourth-order valence-corrected chi connectivity index (χ4v) is 1.20. The van der Waals surface area contributed by atoms with Gasteiger partial charge in [-0.25, -0.2) is 0 Å². The molecule has 62 valence electrons. The van der Waals surface area contributed by atoms with Crippen LogP contribution in [0.25, 0.3) is 0 Å². The second-order valence-electron chi connectivity index (χ2n) is 2.66. The third-order valence-corrected chi connectivity index (χ3v) is 1.78. The number of nitrogens with two attached hydrogens (primary N) is 1. The Labute approximate surface area is 71.1 Å². The molecule has 1 atom stereocenters. The van der Waals surface area contributed by atoms with Crippen molar-refractivity contribution in [1.82, 2.24) is 4.90 Å². The third-order valence-electron chi connectivity index (χ3n) is 1.78. The summed E-state index contributed by atoms with van der Waals surface area (Å²) in [7, 11) is 0. The summed E-state index contributed by atoms with van der Waals surface area (Å²) >= 11 is 0. The Bertz CT molecular complexity index is 249. The van der Waals surface area contributed by atoms with Crippen LogP contribution in [0.1, 0.15) is 17.0 Å². The van der Waals surface area contributed by atoms with E-state index in [1.54, 1.807) is 6.08 Å². The average Bonchev–Trinajstić information content (AvgIpc) is 2.46. The number of likely N-dealkylation sites (N-methyl/N-ethyl adjacent to an activating group) is 1. The summed E-state index contributed by atoms with van der Waals surface area (Å²) in [5.41, 5.74) is 4.94. The minimum atomic E-state index is -2.08. The topological polar surface area (TPSA) is 46.3 Å². The first-order chi connectivity index (χ1) is 6.41. The summed E-state index contributed by atoms with van der Waals surface area (Å²) in [4.78, 5) is 11.9. The zero-order valence-corrected chi connectivity index (χ0v) is 6.29. The molecule has 3 heteroatoms. The van der Waals surface area contributed by atoms with Crippen LogP contribution in [0.3, 0.4) is 0 Å². The Balaban J connectivity index is 2.65. The molecule has 1 heterocycles. The van der Waals surface area contributed by atoms with E-state index in [4.69, 9.17) is 9.85 Å². The molecule has 3 nitrogen and oxygen atoms in total. The van der Waals surface area contributed by atoms with Gasteiger partial charge in [-0.05, 0) is 26.4 Å². The van der Waals surface area contributed by atoms with Gasteiger partial charge in [0, 0.05) is 16.2 Å². The SMILES string of the molecule is [2H]C([2H])([2H])N1CCCC1C=CC(N)=O. The standard InChI is InChI=1S/C8H14N2O/c1-10-6-2-3-7(10)4-5-8(9)11/h4-5,7H,2-3,6H2,1H3,(H2,9,11)/i1D3. The number of nitrogens with zero attached hydrogens (tertiary/aromatic N) is 1. The van der Waals surface area contributed by atoms with Gasteiger partial charge < -0.3 is 5.73 Å². The highest BCUT2D eigenvalue weighted by Gasteiger charge is 2.17. The minimum Gasteiger partial charge on any atom is -0.366 e. The van der Waals surface area contributed by atoms with Crippen LogP contribution in [0, 0.1) is 0 Å². The summed E-state index contributed by atoms with van der Waals surface area (Å²) in [5, 5.41) is 0. The molecule has 0 aromatic rings. The lowest BCUT2D eigenvalue weighted by atomic mass is 10.2. The van der Waals surface area contributed by atoms with E-state index in [2.05, 4.69) is 0 Å². The van der Waals surface area contributed by atoms with Crippen LogP contribution in [-0.4, -0.2) is 30.4 Å². The molecule has 0 radical (unpaired) electrons. The molecule has 0 bridgehead atoms. The molecule has 2 N–H and O–H groups in total. The lowest BCUT2D eigenvalue weighted by Crippen LogP contribution is -2.23. The molecule has 0 saturated carbocycles. The van der Waals surface area contributed by atoms with Crippen molar-refractivity contribution in [2.24, 2.45) is 5.73 Å². The summed E-state index contributed by atoms with van der Waals surface area (Å²) in [6.07, 6.45) is 4.41. The van der Waals surface area contributed by atoms with Gasteiger partial charge >= 0.3 is 0 Å². The lowest BCUT2D eigenvalue weighted by Gasteiger charge is -2.14. The maximum atomic E-state index is 10.5. The van der Waals surface area contributed by atoms with Crippen LogP contribution in [0.15, 0.2) is 12.2 Å². The summed E-state index contributed by atoms with van der Waals surface area (Å²) in [6.45, 7) is -1.53. The van der Waals surface area contributed by atoms with Gasteiger partial charge in [-0.2, -0.15) is 0 Å².